The normalized spacial score (nSPS) is 10.6. The first-order valence-corrected chi connectivity index (χ1v) is 9.06. The van der Waals surface area contributed by atoms with Crippen LogP contribution in [0.15, 0.2) is 83.9 Å². The minimum atomic E-state index is -0.256. The smallest absolute Gasteiger partial charge is 0.246 e. The average molecular weight is 386 g/mol. The lowest BCUT2D eigenvalue weighted by Gasteiger charge is -2.11. The van der Waals surface area contributed by atoms with Gasteiger partial charge >= 0.3 is 0 Å². The standard InChI is InChI=1S/C22H18N4O3/c27-21-13-24-26(20-10-2-1-9-19(20)21)14-22(28)25-16-7-5-8-18(12-16)29-15-17-6-3-4-11-23-17/h1-13H,14-15H2,(H,25,28). The highest BCUT2D eigenvalue weighted by molar-refractivity contribution is 5.91. The van der Waals surface area contributed by atoms with Crippen LogP contribution in [0.5, 0.6) is 5.75 Å². The maximum Gasteiger partial charge on any atom is 0.246 e. The van der Waals surface area contributed by atoms with Crippen molar-refractivity contribution in [2.75, 3.05) is 5.32 Å². The molecule has 0 aliphatic rings. The molecule has 4 rings (SSSR count). The number of carbonyl (C=O) groups is 1. The van der Waals surface area contributed by atoms with E-state index in [2.05, 4.69) is 15.4 Å². The molecule has 0 atom stereocenters. The Morgan fingerprint density at radius 2 is 1.90 bits per heavy atom. The quantitative estimate of drug-likeness (QED) is 0.551. The van der Waals surface area contributed by atoms with Crippen molar-refractivity contribution in [3.8, 4) is 5.75 Å². The highest BCUT2D eigenvalue weighted by atomic mass is 16.5. The number of ether oxygens (including phenoxy) is 1. The van der Waals surface area contributed by atoms with E-state index in [1.54, 1.807) is 48.7 Å². The van der Waals surface area contributed by atoms with Gasteiger partial charge in [0.05, 0.1) is 17.4 Å². The second-order valence-corrected chi connectivity index (χ2v) is 6.37. The van der Waals surface area contributed by atoms with E-state index in [4.69, 9.17) is 4.74 Å². The van der Waals surface area contributed by atoms with Crippen LogP contribution in [0, 0.1) is 0 Å². The van der Waals surface area contributed by atoms with E-state index >= 15 is 0 Å². The molecule has 1 amide bonds. The van der Waals surface area contributed by atoms with Crippen LogP contribution in [0.1, 0.15) is 5.69 Å². The van der Waals surface area contributed by atoms with Gasteiger partial charge in [-0.15, -0.1) is 0 Å². The number of anilines is 1. The Kier molecular flexibility index (Phi) is 5.29. The van der Waals surface area contributed by atoms with Gasteiger partial charge in [0.2, 0.25) is 11.3 Å². The first kappa shape index (κ1) is 18.4. The van der Waals surface area contributed by atoms with Gasteiger partial charge in [-0.3, -0.25) is 19.3 Å². The van der Waals surface area contributed by atoms with Crippen LogP contribution in [0.3, 0.4) is 0 Å². The molecule has 0 saturated carbocycles. The Balaban J connectivity index is 1.44. The Labute approximate surface area is 166 Å². The number of benzene rings is 2. The van der Waals surface area contributed by atoms with Crippen LogP contribution < -0.4 is 15.5 Å². The predicted molar refractivity (Wildman–Crippen MR) is 110 cm³/mol. The first-order valence-electron chi connectivity index (χ1n) is 9.06. The highest BCUT2D eigenvalue weighted by Gasteiger charge is 2.09. The van der Waals surface area contributed by atoms with Gasteiger partial charge in [-0.2, -0.15) is 5.10 Å². The number of nitrogens with one attached hydrogen (secondary N) is 1. The van der Waals surface area contributed by atoms with E-state index in [0.29, 0.717) is 28.9 Å². The number of rotatable bonds is 6. The zero-order valence-electron chi connectivity index (χ0n) is 15.5. The monoisotopic (exact) mass is 386 g/mol. The molecule has 1 N–H and O–H groups in total. The summed E-state index contributed by atoms with van der Waals surface area (Å²) >= 11 is 0. The van der Waals surface area contributed by atoms with Crippen molar-refractivity contribution in [3.05, 3.63) is 95.0 Å². The third-order valence-corrected chi connectivity index (χ3v) is 4.29. The molecule has 0 saturated heterocycles. The summed E-state index contributed by atoms with van der Waals surface area (Å²) in [5.74, 6) is 0.369. The molecule has 0 radical (unpaired) electrons. The fourth-order valence-electron chi connectivity index (χ4n) is 2.93. The van der Waals surface area contributed by atoms with E-state index in [9.17, 15) is 9.59 Å². The summed E-state index contributed by atoms with van der Waals surface area (Å²) in [4.78, 5) is 28.6. The lowest BCUT2D eigenvalue weighted by atomic mass is 10.2. The van der Waals surface area contributed by atoms with Crippen molar-refractivity contribution in [1.29, 1.82) is 0 Å². The molecule has 7 nitrogen and oxygen atoms in total. The van der Waals surface area contributed by atoms with Crippen molar-refractivity contribution in [2.45, 2.75) is 13.2 Å². The zero-order valence-corrected chi connectivity index (χ0v) is 15.5. The Bertz CT molecular complexity index is 1210. The molecule has 2 heterocycles. The summed E-state index contributed by atoms with van der Waals surface area (Å²) in [5.41, 5.74) is 1.87. The molecule has 0 unspecified atom stereocenters. The molecule has 0 bridgehead atoms. The van der Waals surface area contributed by atoms with E-state index in [1.165, 1.54) is 10.9 Å². The number of aromatic nitrogens is 3. The van der Waals surface area contributed by atoms with Crippen LogP contribution in [0.2, 0.25) is 0 Å². The minimum Gasteiger partial charge on any atom is -0.487 e. The number of para-hydroxylation sites is 1. The van der Waals surface area contributed by atoms with Crippen molar-refractivity contribution < 1.29 is 9.53 Å². The van der Waals surface area contributed by atoms with Gasteiger partial charge in [-0.1, -0.05) is 24.3 Å². The number of amides is 1. The number of nitrogens with zero attached hydrogens (tertiary/aromatic N) is 3. The number of pyridine rings is 1. The van der Waals surface area contributed by atoms with Gasteiger partial charge in [0.15, 0.2) is 0 Å². The van der Waals surface area contributed by atoms with Gasteiger partial charge in [-0.25, -0.2) is 0 Å². The van der Waals surface area contributed by atoms with Crippen molar-refractivity contribution >= 4 is 22.5 Å². The fraction of sp³-hybridized carbons (Fsp3) is 0.0909. The average Bonchev–Trinajstić information content (AvgIpc) is 2.75. The second kappa shape index (κ2) is 8.35. The topological polar surface area (TPSA) is 86.1 Å². The first-order chi connectivity index (χ1) is 14.2. The van der Waals surface area contributed by atoms with Crippen molar-refractivity contribution in [3.63, 3.8) is 0 Å². The molecule has 7 heteroatoms. The van der Waals surface area contributed by atoms with Crippen LogP contribution >= 0.6 is 0 Å². The predicted octanol–water partition coefficient (Wildman–Crippen LogP) is 3.01. The van der Waals surface area contributed by atoms with Crippen LogP contribution in [0.25, 0.3) is 10.9 Å². The molecule has 0 fully saturated rings. The summed E-state index contributed by atoms with van der Waals surface area (Å²) < 4.78 is 7.24. The van der Waals surface area contributed by atoms with Gasteiger partial charge in [0.1, 0.15) is 18.9 Å². The molecule has 144 valence electrons. The van der Waals surface area contributed by atoms with Crippen LogP contribution in [0.4, 0.5) is 5.69 Å². The van der Waals surface area contributed by atoms with Crippen molar-refractivity contribution in [2.24, 2.45) is 0 Å². The SMILES string of the molecule is O=C(Cn1ncc(=O)c2ccccc21)Nc1cccc(OCc2ccccn2)c1. The molecular formula is C22H18N4O3. The third kappa shape index (κ3) is 4.47. The maximum atomic E-state index is 12.5. The van der Waals surface area contributed by atoms with Crippen molar-refractivity contribution in [1.82, 2.24) is 14.8 Å². The summed E-state index contributed by atoms with van der Waals surface area (Å²) in [7, 11) is 0. The minimum absolute atomic E-state index is 0.0141. The largest absolute Gasteiger partial charge is 0.487 e. The van der Waals surface area contributed by atoms with Gasteiger partial charge in [-0.05, 0) is 36.4 Å². The van der Waals surface area contributed by atoms with Gasteiger partial charge in [0, 0.05) is 23.3 Å². The maximum absolute atomic E-state index is 12.5. The molecule has 0 spiro atoms. The Hall–Kier alpha value is -4.00. The third-order valence-electron chi connectivity index (χ3n) is 4.29. The molecule has 29 heavy (non-hydrogen) atoms. The fourth-order valence-corrected chi connectivity index (χ4v) is 2.93. The van der Waals surface area contributed by atoms with Gasteiger partial charge in [0.25, 0.3) is 0 Å². The second-order valence-electron chi connectivity index (χ2n) is 6.37. The summed E-state index contributed by atoms with van der Waals surface area (Å²) in [6.07, 6.45) is 2.94. The van der Waals surface area contributed by atoms with Gasteiger partial charge < -0.3 is 10.1 Å². The van der Waals surface area contributed by atoms with E-state index in [-0.39, 0.29) is 17.9 Å². The van der Waals surface area contributed by atoms with Crippen LogP contribution in [-0.2, 0) is 17.9 Å². The summed E-state index contributed by atoms with van der Waals surface area (Å²) in [6.45, 7) is 0.325. The number of carbonyl (C=O) groups excluding carboxylic acids is 1. The van der Waals surface area contributed by atoms with E-state index < -0.39 is 0 Å². The molecule has 2 aromatic heterocycles. The van der Waals surface area contributed by atoms with Crippen LogP contribution in [-0.4, -0.2) is 20.7 Å². The Morgan fingerprint density at radius 1 is 1.03 bits per heavy atom. The number of fused-ring (bicyclic) bond motifs is 1. The summed E-state index contributed by atoms with van der Waals surface area (Å²) in [6, 6.07) is 19.8. The van der Waals surface area contributed by atoms with E-state index in [1.807, 2.05) is 24.3 Å². The molecule has 4 aromatic rings. The zero-order chi connectivity index (χ0) is 20.1. The molecule has 0 aliphatic carbocycles. The molecular weight excluding hydrogens is 368 g/mol. The molecule has 2 aromatic carbocycles. The Morgan fingerprint density at radius 3 is 2.76 bits per heavy atom. The lowest BCUT2D eigenvalue weighted by Crippen LogP contribution is -2.22. The number of hydrogen-bond acceptors (Lipinski definition) is 5. The number of hydrogen-bond donors (Lipinski definition) is 1. The summed E-state index contributed by atoms with van der Waals surface area (Å²) in [5, 5.41) is 7.44. The molecule has 0 aliphatic heterocycles. The van der Waals surface area contributed by atoms with E-state index in [0.717, 1.165) is 5.69 Å². The lowest BCUT2D eigenvalue weighted by molar-refractivity contribution is -0.116. The highest BCUT2D eigenvalue weighted by Crippen LogP contribution is 2.18.